The summed E-state index contributed by atoms with van der Waals surface area (Å²) in [7, 11) is 1.99. The number of anilines is 1. The molecule has 2 atom stereocenters. The fourth-order valence-electron chi connectivity index (χ4n) is 6.44. The highest BCUT2D eigenvalue weighted by Gasteiger charge is 2.47. The van der Waals surface area contributed by atoms with Crippen molar-refractivity contribution >= 4 is 17.4 Å². The number of aromatic nitrogens is 3. The first kappa shape index (κ1) is 30.1. The summed E-state index contributed by atoms with van der Waals surface area (Å²) in [5.41, 5.74) is 5.39. The van der Waals surface area contributed by atoms with E-state index in [4.69, 9.17) is 4.74 Å². The minimum Gasteiger partial charge on any atom is -0.484 e. The third-order valence-electron chi connectivity index (χ3n) is 9.20. The Kier molecular flexibility index (Phi) is 8.35. The molecule has 0 bridgehead atoms. The van der Waals surface area contributed by atoms with Crippen molar-refractivity contribution in [1.82, 2.24) is 25.2 Å². The molecule has 2 aliphatic carbocycles. The van der Waals surface area contributed by atoms with Crippen molar-refractivity contribution < 1.29 is 14.6 Å². The number of aliphatic hydroxyl groups is 1. The average Bonchev–Trinajstić information content (AvgIpc) is 3.67. The Bertz CT molecular complexity index is 1640. The van der Waals surface area contributed by atoms with Crippen molar-refractivity contribution in [2.75, 3.05) is 18.9 Å². The molecule has 1 saturated carbocycles. The Morgan fingerprint density at radius 1 is 1.07 bits per heavy atom. The number of aliphatic hydroxyl groups excluding tert-OH is 1. The van der Waals surface area contributed by atoms with Gasteiger partial charge in [-0.15, -0.1) is 10.2 Å². The quantitative estimate of drug-likeness (QED) is 0.159. The van der Waals surface area contributed by atoms with E-state index in [0.717, 1.165) is 79.0 Å². The van der Waals surface area contributed by atoms with Gasteiger partial charge in [0.05, 0.1) is 18.8 Å². The third kappa shape index (κ3) is 6.16. The molecule has 2 heterocycles. The van der Waals surface area contributed by atoms with Gasteiger partial charge in [0.2, 0.25) is 0 Å². The van der Waals surface area contributed by atoms with Crippen LogP contribution in [-0.2, 0) is 17.4 Å². The van der Waals surface area contributed by atoms with E-state index in [1.165, 1.54) is 0 Å². The Hall–Kier alpha value is -3.95. The average molecular weight is 597 g/mol. The van der Waals surface area contributed by atoms with Crippen LogP contribution in [0.3, 0.4) is 0 Å². The van der Waals surface area contributed by atoms with Crippen LogP contribution in [0.5, 0.6) is 5.75 Å². The van der Waals surface area contributed by atoms with Crippen LogP contribution in [-0.4, -0.2) is 39.3 Å². The molecule has 0 aliphatic heterocycles. The number of hydrogen-bond acceptors (Lipinski definition) is 6. The zero-order chi connectivity index (χ0) is 30.9. The maximum atomic E-state index is 13.2. The zero-order valence-corrected chi connectivity index (χ0v) is 26.2. The SMILES string of the molecule is CNCCCC1(c2nnc3ccc(O[C@@H]4CC[C@H](NC(=O)Nc5cc(C(C)(C)C)ccc5CO)c5ccccc54)cn23)CC1. The number of pyridine rings is 1. The van der Waals surface area contributed by atoms with Crippen LogP contribution >= 0.6 is 0 Å². The predicted octanol–water partition coefficient (Wildman–Crippen LogP) is 6.33. The van der Waals surface area contributed by atoms with Gasteiger partial charge in [-0.1, -0.05) is 57.2 Å². The number of carbonyl (C=O) groups is 1. The summed E-state index contributed by atoms with van der Waals surface area (Å²) in [5, 5.41) is 28.4. The number of nitrogens with zero attached hydrogens (tertiary/aromatic N) is 3. The molecule has 0 saturated heterocycles. The molecule has 6 rings (SSSR count). The molecule has 0 spiro atoms. The molecule has 2 aromatic heterocycles. The summed E-state index contributed by atoms with van der Waals surface area (Å²) in [4.78, 5) is 13.2. The van der Waals surface area contributed by atoms with E-state index in [-0.39, 0.29) is 35.6 Å². The minimum absolute atomic E-state index is 0.0790. The maximum absolute atomic E-state index is 13.2. The van der Waals surface area contributed by atoms with E-state index in [9.17, 15) is 9.90 Å². The molecule has 0 radical (unpaired) electrons. The van der Waals surface area contributed by atoms with Crippen LogP contribution in [0.2, 0.25) is 0 Å². The first-order valence-electron chi connectivity index (χ1n) is 15.8. The van der Waals surface area contributed by atoms with Crippen molar-refractivity contribution in [2.24, 2.45) is 0 Å². The van der Waals surface area contributed by atoms with Gasteiger partial charge in [-0.3, -0.25) is 4.40 Å². The van der Waals surface area contributed by atoms with E-state index < -0.39 is 0 Å². The highest BCUT2D eigenvalue weighted by Crippen LogP contribution is 2.51. The molecular weight excluding hydrogens is 552 g/mol. The largest absolute Gasteiger partial charge is 0.484 e. The number of benzene rings is 2. The van der Waals surface area contributed by atoms with Crippen molar-refractivity contribution in [2.45, 2.75) is 88.9 Å². The molecule has 4 N–H and O–H groups in total. The summed E-state index contributed by atoms with van der Waals surface area (Å²) in [6.45, 7) is 7.23. The lowest BCUT2D eigenvalue weighted by Crippen LogP contribution is -2.36. The summed E-state index contributed by atoms with van der Waals surface area (Å²) in [6.07, 6.45) is 7.88. The molecule has 44 heavy (non-hydrogen) atoms. The number of rotatable bonds is 10. The van der Waals surface area contributed by atoms with E-state index in [2.05, 4.69) is 63.5 Å². The molecule has 2 aliphatic rings. The van der Waals surface area contributed by atoms with Crippen LogP contribution in [0.4, 0.5) is 10.5 Å². The van der Waals surface area contributed by atoms with Gasteiger partial charge in [0.1, 0.15) is 17.7 Å². The van der Waals surface area contributed by atoms with Crippen LogP contribution in [0.1, 0.15) is 99.5 Å². The number of carbonyl (C=O) groups excluding carboxylic acids is 1. The number of nitrogens with one attached hydrogen (secondary N) is 3. The van der Waals surface area contributed by atoms with Crippen molar-refractivity contribution in [3.63, 3.8) is 0 Å². The van der Waals surface area contributed by atoms with Gasteiger partial charge in [0, 0.05) is 16.7 Å². The van der Waals surface area contributed by atoms with Crippen LogP contribution in [0.15, 0.2) is 60.8 Å². The lowest BCUT2D eigenvalue weighted by molar-refractivity contribution is 0.171. The van der Waals surface area contributed by atoms with Crippen LogP contribution in [0.25, 0.3) is 5.65 Å². The zero-order valence-electron chi connectivity index (χ0n) is 26.2. The summed E-state index contributed by atoms with van der Waals surface area (Å²) < 4.78 is 8.74. The number of fused-ring (bicyclic) bond motifs is 2. The van der Waals surface area contributed by atoms with E-state index in [0.29, 0.717) is 11.3 Å². The van der Waals surface area contributed by atoms with Gasteiger partial charge < -0.3 is 25.8 Å². The number of ether oxygens (including phenoxy) is 1. The molecular formula is C35H44N6O3. The molecule has 2 amide bonds. The molecule has 2 aromatic carbocycles. The first-order valence-corrected chi connectivity index (χ1v) is 15.8. The van der Waals surface area contributed by atoms with E-state index in [1.54, 1.807) is 0 Å². The predicted molar refractivity (Wildman–Crippen MR) is 172 cm³/mol. The Labute approximate surface area is 259 Å². The van der Waals surface area contributed by atoms with Gasteiger partial charge in [0.25, 0.3) is 0 Å². The molecule has 9 heteroatoms. The monoisotopic (exact) mass is 596 g/mol. The van der Waals surface area contributed by atoms with E-state index >= 15 is 0 Å². The lowest BCUT2D eigenvalue weighted by Gasteiger charge is -2.32. The molecule has 0 unspecified atom stereocenters. The normalized spacial score (nSPS) is 18.9. The molecule has 4 aromatic rings. The maximum Gasteiger partial charge on any atom is 0.319 e. The summed E-state index contributed by atoms with van der Waals surface area (Å²) in [5.74, 6) is 1.81. The fraction of sp³-hybridized carbons (Fsp3) is 0.457. The Morgan fingerprint density at radius 2 is 1.86 bits per heavy atom. The Morgan fingerprint density at radius 3 is 2.59 bits per heavy atom. The minimum atomic E-state index is -0.292. The van der Waals surface area contributed by atoms with Gasteiger partial charge >= 0.3 is 6.03 Å². The topological polar surface area (TPSA) is 113 Å². The third-order valence-corrected chi connectivity index (χ3v) is 9.20. The first-order chi connectivity index (χ1) is 21.2. The molecule has 1 fully saturated rings. The van der Waals surface area contributed by atoms with Crippen LogP contribution < -0.4 is 20.7 Å². The van der Waals surface area contributed by atoms with Gasteiger partial charge in [-0.2, -0.15) is 0 Å². The summed E-state index contributed by atoms with van der Waals surface area (Å²) >= 11 is 0. The number of amides is 2. The standard InChI is InChI=1S/C35H44N6O3/c1-34(2,3)24-11-10-23(22-42)29(20-24)38-33(43)37-28-13-14-30(27-9-6-5-8-26(27)28)44-25-12-15-31-39-40-32(41(31)21-25)35(17-18-35)16-7-19-36-4/h5-6,8-12,15,20-21,28,30,36,42H,7,13-14,16-19,22H2,1-4H3,(H2,37,38,43)/t28-,30+/m0/s1. The van der Waals surface area contributed by atoms with Gasteiger partial charge in [0.15, 0.2) is 5.65 Å². The summed E-state index contributed by atoms with van der Waals surface area (Å²) in [6, 6.07) is 17.5. The number of hydrogen-bond donors (Lipinski definition) is 4. The fourth-order valence-corrected chi connectivity index (χ4v) is 6.44. The van der Waals surface area contributed by atoms with Crippen molar-refractivity contribution in [1.29, 1.82) is 0 Å². The highest BCUT2D eigenvalue weighted by molar-refractivity contribution is 5.90. The van der Waals surface area contributed by atoms with Crippen molar-refractivity contribution in [3.05, 3.63) is 88.9 Å². The highest BCUT2D eigenvalue weighted by atomic mass is 16.5. The Balaban J connectivity index is 1.17. The molecule has 232 valence electrons. The molecule has 9 nitrogen and oxygen atoms in total. The smallest absolute Gasteiger partial charge is 0.319 e. The second-order valence-electron chi connectivity index (χ2n) is 13.3. The second-order valence-corrected chi connectivity index (χ2v) is 13.3. The second kappa shape index (κ2) is 12.2. The number of urea groups is 1. The van der Waals surface area contributed by atoms with E-state index in [1.807, 2.05) is 55.7 Å². The lowest BCUT2D eigenvalue weighted by atomic mass is 9.85. The van der Waals surface area contributed by atoms with Gasteiger partial charge in [-0.25, -0.2) is 4.79 Å². The van der Waals surface area contributed by atoms with Crippen LogP contribution in [0, 0.1) is 0 Å². The van der Waals surface area contributed by atoms with Gasteiger partial charge in [-0.05, 0) is 92.4 Å². The van der Waals surface area contributed by atoms with Crippen molar-refractivity contribution in [3.8, 4) is 5.75 Å².